The summed E-state index contributed by atoms with van der Waals surface area (Å²) >= 11 is 1.61. The number of hydrogen-bond acceptors (Lipinski definition) is 4. The minimum Gasteiger partial charge on any atom is -0.399 e. The van der Waals surface area contributed by atoms with E-state index < -0.39 is 5.60 Å². The molecule has 3 aromatic rings. The van der Waals surface area contributed by atoms with Gasteiger partial charge in [-0.25, -0.2) is 4.98 Å². The molecule has 4 rings (SSSR count). The van der Waals surface area contributed by atoms with E-state index in [1.165, 1.54) is 0 Å². The quantitative estimate of drug-likeness (QED) is 0.710. The minimum absolute atomic E-state index is 0.554. The number of anilines is 1. The number of aromatic nitrogens is 2. The molecule has 1 aliphatic carbocycles. The number of hydrogen-bond donors (Lipinski definition) is 2. The number of thiazole rings is 1. The van der Waals surface area contributed by atoms with Gasteiger partial charge in [-0.1, -0.05) is 6.07 Å². The number of benzene rings is 1. The first-order chi connectivity index (χ1) is 9.64. The fourth-order valence-electron chi connectivity index (χ4n) is 3.10. The van der Waals surface area contributed by atoms with E-state index in [1.807, 2.05) is 40.4 Å². The predicted octanol–water partition coefficient (Wildman–Crippen LogP) is 2.35. The second-order valence-electron chi connectivity index (χ2n) is 5.45. The maximum Gasteiger partial charge on any atom is 0.193 e. The first kappa shape index (κ1) is 11.9. The molecule has 1 aliphatic rings. The van der Waals surface area contributed by atoms with Crippen molar-refractivity contribution in [2.24, 2.45) is 0 Å². The molecule has 2 aromatic heterocycles. The Labute approximate surface area is 120 Å². The van der Waals surface area contributed by atoms with Gasteiger partial charge in [0.2, 0.25) is 0 Å². The number of nitrogen functional groups attached to an aromatic ring is 1. The van der Waals surface area contributed by atoms with Crippen molar-refractivity contribution in [1.29, 1.82) is 0 Å². The largest absolute Gasteiger partial charge is 0.399 e. The normalized spacial score (nSPS) is 21.4. The molecule has 1 aromatic carbocycles. The molecule has 3 N–H and O–H groups in total. The van der Waals surface area contributed by atoms with Gasteiger partial charge in [0.25, 0.3) is 0 Å². The van der Waals surface area contributed by atoms with Gasteiger partial charge in [0.1, 0.15) is 0 Å². The molecule has 0 saturated carbocycles. The summed E-state index contributed by atoms with van der Waals surface area (Å²) in [4.78, 5) is 5.54. The van der Waals surface area contributed by atoms with E-state index in [0.29, 0.717) is 6.42 Å². The van der Waals surface area contributed by atoms with Crippen molar-refractivity contribution in [1.82, 2.24) is 9.38 Å². The van der Waals surface area contributed by atoms with Crippen LogP contribution in [0.5, 0.6) is 0 Å². The number of nitrogens with zero attached hydrogens (tertiary/aromatic N) is 2. The molecule has 0 spiro atoms. The Morgan fingerprint density at radius 2 is 2.35 bits per heavy atom. The van der Waals surface area contributed by atoms with Gasteiger partial charge in [-0.2, -0.15) is 0 Å². The van der Waals surface area contributed by atoms with Crippen molar-refractivity contribution >= 4 is 22.0 Å². The molecule has 5 heteroatoms. The van der Waals surface area contributed by atoms with Gasteiger partial charge in [0.05, 0.1) is 11.3 Å². The second kappa shape index (κ2) is 4.07. The summed E-state index contributed by atoms with van der Waals surface area (Å²) in [5.74, 6) is 0. The molecule has 0 radical (unpaired) electrons. The van der Waals surface area contributed by atoms with Crippen LogP contribution in [0.15, 0.2) is 36.0 Å². The van der Waals surface area contributed by atoms with Gasteiger partial charge in [0.15, 0.2) is 4.96 Å². The topological polar surface area (TPSA) is 63.5 Å². The van der Waals surface area contributed by atoms with Gasteiger partial charge in [-0.15, -0.1) is 11.3 Å². The lowest BCUT2D eigenvalue weighted by Crippen LogP contribution is -2.25. The van der Waals surface area contributed by atoms with Gasteiger partial charge in [0, 0.05) is 29.9 Å². The summed E-state index contributed by atoms with van der Waals surface area (Å²) in [6.45, 7) is 0. The average Bonchev–Trinajstić information content (AvgIpc) is 3.04. The summed E-state index contributed by atoms with van der Waals surface area (Å²) in [5, 5.41) is 13.0. The van der Waals surface area contributed by atoms with Crippen molar-refractivity contribution in [2.45, 2.75) is 24.9 Å². The van der Waals surface area contributed by atoms with Crippen LogP contribution in [-0.4, -0.2) is 14.5 Å². The molecule has 4 nitrogen and oxygen atoms in total. The van der Waals surface area contributed by atoms with Crippen LogP contribution in [0.4, 0.5) is 5.69 Å². The molecule has 0 aliphatic heterocycles. The Morgan fingerprint density at radius 3 is 3.20 bits per heavy atom. The van der Waals surface area contributed by atoms with Crippen LogP contribution in [0.25, 0.3) is 4.96 Å². The van der Waals surface area contributed by atoms with Crippen LogP contribution in [0.3, 0.4) is 0 Å². The van der Waals surface area contributed by atoms with Crippen LogP contribution in [0, 0.1) is 0 Å². The third-order valence-corrected chi connectivity index (χ3v) is 4.83. The molecule has 0 fully saturated rings. The Bertz CT molecular complexity index is 763. The van der Waals surface area contributed by atoms with Crippen molar-refractivity contribution in [3.8, 4) is 0 Å². The van der Waals surface area contributed by atoms with Crippen LogP contribution in [0.1, 0.15) is 23.2 Å². The second-order valence-corrected chi connectivity index (χ2v) is 6.32. The number of aliphatic hydroxyl groups is 1. The molecule has 1 unspecified atom stereocenters. The molecule has 20 heavy (non-hydrogen) atoms. The van der Waals surface area contributed by atoms with E-state index >= 15 is 0 Å². The SMILES string of the molecule is Nc1ccc2c(c1)CCC2(O)Cc1cn2ccsc2n1. The molecule has 0 bridgehead atoms. The highest BCUT2D eigenvalue weighted by molar-refractivity contribution is 7.15. The molecular weight excluding hydrogens is 270 g/mol. The van der Waals surface area contributed by atoms with Crippen molar-refractivity contribution in [3.05, 3.63) is 52.8 Å². The Morgan fingerprint density at radius 1 is 1.45 bits per heavy atom. The lowest BCUT2D eigenvalue weighted by atomic mass is 9.91. The predicted molar refractivity (Wildman–Crippen MR) is 79.8 cm³/mol. The lowest BCUT2D eigenvalue weighted by Gasteiger charge is -2.23. The van der Waals surface area contributed by atoms with E-state index in [4.69, 9.17) is 5.73 Å². The maximum absolute atomic E-state index is 11.0. The van der Waals surface area contributed by atoms with E-state index in [2.05, 4.69) is 4.98 Å². The fraction of sp³-hybridized carbons (Fsp3) is 0.267. The van der Waals surface area contributed by atoms with Crippen LogP contribution in [0.2, 0.25) is 0 Å². The highest BCUT2D eigenvalue weighted by Crippen LogP contribution is 2.40. The lowest BCUT2D eigenvalue weighted by molar-refractivity contribution is 0.0381. The van der Waals surface area contributed by atoms with Gasteiger partial charge in [-0.05, 0) is 36.1 Å². The van der Waals surface area contributed by atoms with Crippen LogP contribution >= 0.6 is 11.3 Å². The molecular formula is C15H15N3OS. The van der Waals surface area contributed by atoms with Crippen LogP contribution < -0.4 is 5.73 Å². The molecule has 102 valence electrons. The van der Waals surface area contributed by atoms with Crippen molar-refractivity contribution in [2.75, 3.05) is 5.73 Å². The Hall–Kier alpha value is -1.85. The monoisotopic (exact) mass is 285 g/mol. The zero-order valence-electron chi connectivity index (χ0n) is 10.9. The zero-order chi connectivity index (χ0) is 13.7. The summed E-state index contributed by atoms with van der Waals surface area (Å²) in [7, 11) is 0. The highest BCUT2D eigenvalue weighted by atomic mass is 32.1. The van der Waals surface area contributed by atoms with Gasteiger partial charge < -0.3 is 10.8 Å². The van der Waals surface area contributed by atoms with Gasteiger partial charge in [-0.3, -0.25) is 4.40 Å². The standard InChI is InChI=1S/C15H15N3OS/c16-11-1-2-13-10(7-11)3-4-15(13,19)8-12-9-18-5-6-20-14(18)17-12/h1-2,5-7,9,19H,3-4,8,16H2. The number of aryl methyl sites for hydroxylation is 1. The van der Waals surface area contributed by atoms with Crippen molar-refractivity contribution < 1.29 is 5.11 Å². The molecule has 0 saturated heterocycles. The van der Waals surface area contributed by atoms with Crippen molar-refractivity contribution in [3.63, 3.8) is 0 Å². The van der Waals surface area contributed by atoms with Gasteiger partial charge >= 0.3 is 0 Å². The number of fused-ring (bicyclic) bond motifs is 2. The number of imidazole rings is 1. The molecule has 1 atom stereocenters. The maximum atomic E-state index is 11.0. The van der Waals surface area contributed by atoms with E-state index in [1.54, 1.807) is 11.3 Å². The Kier molecular flexibility index (Phi) is 2.43. The summed E-state index contributed by atoms with van der Waals surface area (Å²) in [6, 6.07) is 5.79. The summed E-state index contributed by atoms with van der Waals surface area (Å²) < 4.78 is 2.00. The number of rotatable bonds is 2. The summed E-state index contributed by atoms with van der Waals surface area (Å²) in [6.07, 6.45) is 6.15. The molecule has 2 heterocycles. The molecule has 0 amide bonds. The van der Waals surface area contributed by atoms with E-state index in [0.717, 1.165) is 40.3 Å². The smallest absolute Gasteiger partial charge is 0.193 e. The first-order valence-electron chi connectivity index (χ1n) is 6.66. The fourth-order valence-corrected chi connectivity index (χ4v) is 3.81. The van der Waals surface area contributed by atoms with E-state index in [9.17, 15) is 5.11 Å². The third-order valence-electron chi connectivity index (χ3n) is 4.06. The number of nitrogens with two attached hydrogens (primary N) is 1. The van der Waals surface area contributed by atoms with Crippen LogP contribution in [-0.2, 0) is 18.4 Å². The van der Waals surface area contributed by atoms with E-state index in [-0.39, 0.29) is 0 Å². The average molecular weight is 285 g/mol. The zero-order valence-corrected chi connectivity index (χ0v) is 11.7. The summed E-state index contributed by atoms with van der Waals surface area (Å²) in [5.41, 5.74) is 8.86. The highest BCUT2D eigenvalue weighted by Gasteiger charge is 2.37. The Balaban J connectivity index is 1.70. The minimum atomic E-state index is -0.812. The first-order valence-corrected chi connectivity index (χ1v) is 7.54. The third kappa shape index (κ3) is 1.74.